The smallest absolute Gasteiger partial charge is 0.240 e. The molecule has 0 aliphatic carbocycles. The van der Waals surface area contributed by atoms with Gasteiger partial charge in [-0.05, 0) is 38.9 Å². The second-order valence-electron chi connectivity index (χ2n) is 5.83. The molecule has 2 aromatic rings. The lowest BCUT2D eigenvalue weighted by Gasteiger charge is -2.17. The van der Waals surface area contributed by atoms with E-state index in [4.69, 9.17) is 0 Å². The molecule has 0 unspecified atom stereocenters. The maximum absolute atomic E-state index is 12.2. The molecule has 1 aromatic heterocycles. The van der Waals surface area contributed by atoms with Crippen LogP contribution in [0, 0.1) is 20.8 Å². The van der Waals surface area contributed by atoms with Crippen molar-refractivity contribution in [2.75, 3.05) is 30.8 Å². The summed E-state index contributed by atoms with van der Waals surface area (Å²) in [4.78, 5) is 30.0. The number of rotatable bonds is 6. The molecule has 2 N–H and O–H groups in total. The molecule has 0 spiro atoms. The highest BCUT2D eigenvalue weighted by atomic mass is 32.1. The molecule has 24 heavy (non-hydrogen) atoms. The summed E-state index contributed by atoms with van der Waals surface area (Å²) in [5.74, 6) is -0.334. The van der Waals surface area contributed by atoms with Gasteiger partial charge < -0.3 is 10.6 Å². The summed E-state index contributed by atoms with van der Waals surface area (Å²) in [5.41, 5.74) is 3.74. The minimum absolute atomic E-state index is 0.124. The van der Waals surface area contributed by atoms with Gasteiger partial charge in [-0.15, -0.1) is 11.3 Å². The van der Waals surface area contributed by atoms with Crippen molar-refractivity contribution in [2.45, 2.75) is 20.8 Å². The first-order chi connectivity index (χ1) is 11.3. The van der Waals surface area contributed by atoms with E-state index in [0.717, 1.165) is 22.5 Å². The number of amides is 2. The van der Waals surface area contributed by atoms with Gasteiger partial charge in [0.1, 0.15) is 0 Å². The van der Waals surface area contributed by atoms with Gasteiger partial charge in [-0.2, -0.15) is 0 Å². The first-order valence-corrected chi connectivity index (χ1v) is 8.49. The summed E-state index contributed by atoms with van der Waals surface area (Å²) in [5, 5.41) is 8.09. The van der Waals surface area contributed by atoms with E-state index < -0.39 is 0 Å². The van der Waals surface area contributed by atoms with Crippen molar-refractivity contribution in [3.8, 4) is 0 Å². The second-order valence-corrected chi connectivity index (χ2v) is 6.69. The van der Waals surface area contributed by atoms with Crippen LogP contribution in [0.15, 0.2) is 23.6 Å². The first kappa shape index (κ1) is 18.1. The molecule has 0 saturated heterocycles. The highest BCUT2D eigenvalue weighted by molar-refractivity contribution is 7.13. The topological polar surface area (TPSA) is 74.3 Å². The molecule has 0 saturated carbocycles. The molecule has 1 aromatic carbocycles. The van der Waals surface area contributed by atoms with Crippen molar-refractivity contribution < 1.29 is 9.59 Å². The summed E-state index contributed by atoms with van der Waals surface area (Å²) in [6, 6.07) is 5.86. The number of benzene rings is 1. The van der Waals surface area contributed by atoms with E-state index in [9.17, 15) is 9.59 Å². The Hall–Kier alpha value is -2.25. The zero-order valence-electron chi connectivity index (χ0n) is 14.3. The number of aromatic nitrogens is 1. The van der Waals surface area contributed by atoms with Crippen LogP contribution in [0.5, 0.6) is 0 Å². The number of likely N-dealkylation sites (N-methyl/N-ethyl adjacent to an activating group) is 1. The van der Waals surface area contributed by atoms with Gasteiger partial charge in [0, 0.05) is 11.1 Å². The molecule has 128 valence electrons. The summed E-state index contributed by atoms with van der Waals surface area (Å²) in [6.07, 6.45) is 0. The van der Waals surface area contributed by atoms with Crippen LogP contribution in [0.4, 0.5) is 10.8 Å². The van der Waals surface area contributed by atoms with E-state index in [-0.39, 0.29) is 24.9 Å². The van der Waals surface area contributed by atoms with Crippen LogP contribution in [-0.4, -0.2) is 41.8 Å². The van der Waals surface area contributed by atoms with E-state index in [1.54, 1.807) is 11.9 Å². The van der Waals surface area contributed by atoms with Crippen LogP contribution < -0.4 is 10.6 Å². The Morgan fingerprint density at radius 3 is 2.21 bits per heavy atom. The van der Waals surface area contributed by atoms with Gasteiger partial charge in [0.25, 0.3) is 0 Å². The van der Waals surface area contributed by atoms with Crippen LogP contribution in [0.2, 0.25) is 0 Å². The number of aryl methyl sites for hydroxylation is 3. The van der Waals surface area contributed by atoms with Crippen LogP contribution >= 0.6 is 11.3 Å². The molecule has 0 aliphatic rings. The normalized spacial score (nSPS) is 10.7. The quantitative estimate of drug-likeness (QED) is 0.843. The van der Waals surface area contributed by atoms with E-state index in [1.165, 1.54) is 11.3 Å². The van der Waals surface area contributed by atoms with Crippen molar-refractivity contribution in [2.24, 2.45) is 0 Å². The Balaban J connectivity index is 1.84. The summed E-state index contributed by atoms with van der Waals surface area (Å²) in [7, 11) is 1.73. The largest absolute Gasteiger partial charge is 0.324 e. The fourth-order valence-corrected chi connectivity index (χ4v) is 3.01. The fourth-order valence-electron chi connectivity index (χ4n) is 2.31. The Kier molecular flexibility index (Phi) is 6.05. The molecule has 2 rings (SSSR count). The Bertz CT molecular complexity index is 722. The number of anilines is 2. The zero-order valence-corrected chi connectivity index (χ0v) is 15.2. The van der Waals surface area contributed by atoms with E-state index in [2.05, 4.69) is 15.6 Å². The maximum Gasteiger partial charge on any atom is 0.240 e. The lowest BCUT2D eigenvalue weighted by molar-refractivity contribution is -0.119. The third-order valence-corrected chi connectivity index (χ3v) is 4.31. The van der Waals surface area contributed by atoms with Gasteiger partial charge in [0.15, 0.2) is 5.13 Å². The molecule has 6 nitrogen and oxygen atoms in total. The minimum atomic E-state index is -0.188. The summed E-state index contributed by atoms with van der Waals surface area (Å²) in [6.45, 7) is 6.04. The number of nitrogens with one attached hydrogen (secondary N) is 2. The third kappa shape index (κ3) is 5.14. The Labute approximate surface area is 145 Å². The third-order valence-electron chi connectivity index (χ3n) is 3.44. The number of carbonyl (C=O) groups is 2. The number of thiazole rings is 1. The lowest BCUT2D eigenvalue weighted by Crippen LogP contribution is -2.36. The molecule has 2 amide bonds. The minimum Gasteiger partial charge on any atom is -0.324 e. The van der Waals surface area contributed by atoms with Gasteiger partial charge in [-0.1, -0.05) is 18.2 Å². The van der Waals surface area contributed by atoms with Crippen molar-refractivity contribution in [3.05, 3.63) is 40.4 Å². The second kappa shape index (κ2) is 8.03. The number of nitrogens with zero attached hydrogens (tertiary/aromatic N) is 2. The molecule has 0 aliphatic heterocycles. The SMILES string of the molecule is Cc1csc(NC(=O)CN(C)CC(=O)Nc2c(C)cccc2C)n1. The molecular formula is C17H22N4O2S. The molecule has 7 heteroatoms. The van der Waals surface area contributed by atoms with E-state index in [0.29, 0.717) is 5.13 Å². The number of carbonyl (C=O) groups excluding carboxylic acids is 2. The monoisotopic (exact) mass is 346 g/mol. The zero-order chi connectivity index (χ0) is 17.7. The lowest BCUT2D eigenvalue weighted by atomic mass is 10.1. The Morgan fingerprint density at radius 1 is 1.08 bits per heavy atom. The van der Waals surface area contributed by atoms with Crippen molar-refractivity contribution in [1.29, 1.82) is 0 Å². The van der Waals surface area contributed by atoms with Gasteiger partial charge in [-0.25, -0.2) is 4.98 Å². The van der Waals surface area contributed by atoms with Crippen LogP contribution in [0.25, 0.3) is 0 Å². The molecule has 1 heterocycles. The van der Waals surface area contributed by atoms with Gasteiger partial charge >= 0.3 is 0 Å². The Morgan fingerprint density at radius 2 is 1.67 bits per heavy atom. The van der Waals surface area contributed by atoms with Gasteiger partial charge in [0.05, 0.1) is 18.8 Å². The van der Waals surface area contributed by atoms with Crippen molar-refractivity contribution >= 4 is 34.0 Å². The highest BCUT2D eigenvalue weighted by Crippen LogP contribution is 2.19. The molecule has 0 fully saturated rings. The van der Waals surface area contributed by atoms with Crippen LogP contribution in [0.3, 0.4) is 0 Å². The van der Waals surface area contributed by atoms with Crippen molar-refractivity contribution in [1.82, 2.24) is 9.88 Å². The number of hydrogen-bond acceptors (Lipinski definition) is 5. The summed E-state index contributed by atoms with van der Waals surface area (Å²) >= 11 is 1.38. The van der Waals surface area contributed by atoms with E-state index in [1.807, 2.05) is 44.4 Å². The predicted molar refractivity (Wildman–Crippen MR) is 97.5 cm³/mol. The van der Waals surface area contributed by atoms with Gasteiger partial charge in [-0.3, -0.25) is 14.5 Å². The van der Waals surface area contributed by atoms with Crippen LogP contribution in [-0.2, 0) is 9.59 Å². The fraction of sp³-hybridized carbons (Fsp3) is 0.353. The maximum atomic E-state index is 12.2. The van der Waals surface area contributed by atoms with Gasteiger partial charge in [0.2, 0.25) is 11.8 Å². The molecular weight excluding hydrogens is 324 g/mol. The predicted octanol–water partition coefficient (Wildman–Crippen LogP) is 2.58. The average molecular weight is 346 g/mol. The number of hydrogen-bond donors (Lipinski definition) is 2. The van der Waals surface area contributed by atoms with E-state index >= 15 is 0 Å². The first-order valence-electron chi connectivity index (χ1n) is 7.61. The van der Waals surface area contributed by atoms with Crippen molar-refractivity contribution in [3.63, 3.8) is 0 Å². The molecule has 0 atom stereocenters. The standard InChI is InChI=1S/C17H22N4O2S/c1-11-6-5-7-12(2)16(11)19-14(22)8-21(4)9-15(23)20-17-18-13(3)10-24-17/h5-7,10H,8-9H2,1-4H3,(H,19,22)(H,18,20,23). The summed E-state index contributed by atoms with van der Waals surface area (Å²) < 4.78 is 0. The highest BCUT2D eigenvalue weighted by Gasteiger charge is 2.13. The average Bonchev–Trinajstić information content (AvgIpc) is 2.87. The molecule has 0 bridgehead atoms. The number of para-hydroxylation sites is 1. The molecule has 0 radical (unpaired) electrons. The van der Waals surface area contributed by atoms with Crippen LogP contribution in [0.1, 0.15) is 16.8 Å².